The molecule has 0 aliphatic carbocycles. The van der Waals surface area contributed by atoms with Gasteiger partial charge in [0.25, 0.3) is 0 Å². The summed E-state index contributed by atoms with van der Waals surface area (Å²) < 4.78 is 44.2. The van der Waals surface area contributed by atoms with E-state index in [0.29, 0.717) is 6.61 Å². The topological polar surface area (TPSA) is 68.8 Å². The highest BCUT2D eigenvalue weighted by Crippen LogP contribution is 2.23. The van der Waals surface area contributed by atoms with Gasteiger partial charge in [-0.3, -0.25) is 4.84 Å². The summed E-state index contributed by atoms with van der Waals surface area (Å²) >= 11 is 0. The van der Waals surface area contributed by atoms with Crippen molar-refractivity contribution in [1.29, 1.82) is 0 Å². The first-order chi connectivity index (χ1) is 9.40. The number of alkyl halides is 3. The first-order valence-electron chi connectivity index (χ1n) is 5.44. The third kappa shape index (κ3) is 6.81. The Morgan fingerprint density at radius 1 is 1.20 bits per heavy atom. The number of carbonyl (C=O) groups is 1. The molecule has 0 radical (unpaired) electrons. The summed E-state index contributed by atoms with van der Waals surface area (Å²) in [6.07, 6.45) is -4.75. The minimum Gasteiger partial charge on any atom is -0.406 e. The standard InChI is InChI=1S/C11H13F3N2O4/c1-18-6-7-19-16-10(17)15-8-2-4-9(5-3-8)20-11(12,13)14/h2-5H,6-7H2,1H3,(H2,15,16,17). The zero-order chi connectivity index (χ0) is 15.0. The monoisotopic (exact) mass is 294 g/mol. The summed E-state index contributed by atoms with van der Waals surface area (Å²) in [5.74, 6) is -0.375. The Labute approximate surface area is 112 Å². The molecule has 0 unspecified atom stereocenters. The molecular weight excluding hydrogens is 281 g/mol. The van der Waals surface area contributed by atoms with Crippen molar-refractivity contribution in [2.24, 2.45) is 0 Å². The van der Waals surface area contributed by atoms with E-state index in [9.17, 15) is 18.0 Å². The zero-order valence-electron chi connectivity index (χ0n) is 10.5. The third-order valence-corrected chi connectivity index (χ3v) is 1.90. The van der Waals surface area contributed by atoms with Gasteiger partial charge in [-0.1, -0.05) is 0 Å². The number of hydrogen-bond acceptors (Lipinski definition) is 4. The third-order valence-electron chi connectivity index (χ3n) is 1.90. The molecule has 0 fully saturated rings. The van der Waals surface area contributed by atoms with Crippen molar-refractivity contribution in [3.05, 3.63) is 24.3 Å². The van der Waals surface area contributed by atoms with E-state index in [-0.39, 0.29) is 18.0 Å². The van der Waals surface area contributed by atoms with E-state index in [0.717, 1.165) is 12.1 Å². The highest BCUT2D eigenvalue weighted by atomic mass is 19.4. The van der Waals surface area contributed by atoms with Crippen LogP contribution < -0.4 is 15.5 Å². The molecule has 6 nitrogen and oxygen atoms in total. The fourth-order valence-corrected chi connectivity index (χ4v) is 1.14. The van der Waals surface area contributed by atoms with Crippen LogP contribution in [0.5, 0.6) is 5.75 Å². The van der Waals surface area contributed by atoms with E-state index in [2.05, 4.69) is 15.5 Å². The largest absolute Gasteiger partial charge is 0.573 e. The molecule has 2 N–H and O–H groups in total. The van der Waals surface area contributed by atoms with Crippen LogP contribution in [-0.2, 0) is 9.57 Å². The van der Waals surface area contributed by atoms with Crippen molar-refractivity contribution >= 4 is 11.7 Å². The molecule has 9 heteroatoms. The van der Waals surface area contributed by atoms with E-state index in [4.69, 9.17) is 9.57 Å². The molecule has 0 aliphatic heterocycles. The highest BCUT2D eigenvalue weighted by Gasteiger charge is 2.30. The number of methoxy groups -OCH3 is 1. The van der Waals surface area contributed by atoms with Gasteiger partial charge in [-0.15, -0.1) is 13.2 Å². The molecule has 0 saturated carbocycles. The van der Waals surface area contributed by atoms with Gasteiger partial charge >= 0.3 is 12.4 Å². The Balaban J connectivity index is 2.39. The number of nitrogens with one attached hydrogen (secondary N) is 2. The predicted octanol–water partition coefficient (Wildman–Crippen LogP) is 2.28. The Bertz CT molecular complexity index is 423. The number of rotatable bonds is 6. The van der Waals surface area contributed by atoms with Gasteiger partial charge in [-0.2, -0.15) is 0 Å². The summed E-state index contributed by atoms with van der Waals surface area (Å²) in [5, 5.41) is 2.36. The molecule has 112 valence electrons. The molecular formula is C11H13F3N2O4. The van der Waals surface area contributed by atoms with Crippen LogP contribution in [0.2, 0.25) is 0 Å². The maximum Gasteiger partial charge on any atom is 0.573 e. The Kier molecular flexibility index (Phi) is 6.07. The molecule has 2 amide bonds. The fraction of sp³-hybridized carbons (Fsp3) is 0.364. The van der Waals surface area contributed by atoms with Crippen LogP contribution in [0.4, 0.5) is 23.7 Å². The van der Waals surface area contributed by atoms with Crippen LogP contribution in [0, 0.1) is 0 Å². The van der Waals surface area contributed by atoms with Crippen LogP contribution in [0.25, 0.3) is 0 Å². The number of urea groups is 1. The Morgan fingerprint density at radius 3 is 2.40 bits per heavy atom. The van der Waals surface area contributed by atoms with Crippen molar-refractivity contribution in [2.75, 3.05) is 25.6 Å². The van der Waals surface area contributed by atoms with Crippen molar-refractivity contribution in [2.45, 2.75) is 6.36 Å². The number of hydroxylamine groups is 1. The van der Waals surface area contributed by atoms with E-state index >= 15 is 0 Å². The van der Waals surface area contributed by atoms with Gasteiger partial charge in [0, 0.05) is 12.8 Å². The first-order valence-corrected chi connectivity index (χ1v) is 5.44. The van der Waals surface area contributed by atoms with E-state index in [1.54, 1.807) is 0 Å². The van der Waals surface area contributed by atoms with Crippen LogP contribution in [0.3, 0.4) is 0 Å². The quantitative estimate of drug-likeness (QED) is 0.624. The average molecular weight is 294 g/mol. The fourth-order valence-electron chi connectivity index (χ4n) is 1.14. The maximum atomic E-state index is 11.9. The SMILES string of the molecule is COCCONC(=O)Nc1ccc(OC(F)(F)F)cc1. The second-order valence-electron chi connectivity index (χ2n) is 3.47. The van der Waals surface area contributed by atoms with Crippen LogP contribution in [-0.4, -0.2) is 32.7 Å². The number of carbonyl (C=O) groups excluding carboxylic acids is 1. The Hall–Kier alpha value is -2.00. The van der Waals surface area contributed by atoms with Gasteiger partial charge in [0.15, 0.2) is 0 Å². The van der Waals surface area contributed by atoms with Crippen LogP contribution in [0.1, 0.15) is 0 Å². The minimum atomic E-state index is -4.75. The molecule has 0 spiro atoms. The molecule has 0 aliphatic rings. The van der Waals surface area contributed by atoms with Gasteiger partial charge in [0.05, 0.1) is 13.2 Å². The van der Waals surface area contributed by atoms with Gasteiger partial charge in [0.2, 0.25) is 0 Å². The smallest absolute Gasteiger partial charge is 0.406 e. The summed E-state index contributed by atoms with van der Waals surface area (Å²) in [4.78, 5) is 16.0. The summed E-state index contributed by atoms with van der Waals surface area (Å²) in [7, 11) is 1.48. The molecule has 1 aromatic carbocycles. The normalized spacial score (nSPS) is 11.0. The summed E-state index contributed by atoms with van der Waals surface area (Å²) in [6.45, 7) is 0.478. The molecule has 1 aromatic rings. The second kappa shape index (κ2) is 7.56. The van der Waals surface area contributed by atoms with Gasteiger partial charge in [-0.25, -0.2) is 10.3 Å². The molecule has 0 atom stereocenters. The van der Waals surface area contributed by atoms with Gasteiger partial charge in [-0.05, 0) is 24.3 Å². The summed E-state index contributed by atoms with van der Waals surface area (Å²) in [5.41, 5.74) is 2.36. The summed E-state index contributed by atoms with van der Waals surface area (Å²) in [6, 6.07) is 4.01. The lowest BCUT2D eigenvalue weighted by molar-refractivity contribution is -0.274. The second-order valence-corrected chi connectivity index (χ2v) is 3.47. The Morgan fingerprint density at radius 2 is 1.85 bits per heavy atom. The number of benzene rings is 1. The lowest BCUT2D eigenvalue weighted by atomic mass is 10.3. The molecule has 1 rings (SSSR count). The minimum absolute atomic E-state index is 0.169. The molecule has 0 heterocycles. The van der Waals surface area contributed by atoms with Crippen molar-refractivity contribution in [3.8, 4) is 5.75 Å². The van der Waals surface area contributed by atoms with Gasteiger partial charge in [0.1, 0.15) is 5.75 Å². The maximum absolute atomic E-state index is 11.9. The van der Waals surface area contributed by atoms with Crippen molar-refractivity contribution in [3.63, 3.8) is 0 Å². The van der Waals surface area contributed by atoms with E-state index < -0.39 is 12.4 Å². The lowest BCUT2D eigenvalue weighted by Crippen LogP contribution is -2.30. The molecule has 0 bridgehead atoms. The number of halogens is 3. The van der Waals surface area contributed by atoms with E-state index in [1.807, 2.05) is 0 Å². The molecule has 20 heavy (non-hydrogen) atoms. The first kappa shape index (κ1) is 16.1. The predicted molar refractivity (Wildman–Crippen MR) is 63.1 cm³/mol. The van der Waals surface area contributed by atoms with Crippen LogP contribution in [0.15, 0.2) is 24.3 Å². The van der Waals surface area contributed by atoms with E-state index in [1.165, 1.54) is 19.2 Å². The molecule has 0 saturated heterocycles. The number of ether oxygens (including phenoxy) is 2. The number of hydrogen-bond donors (Lipinski definition) is 2. The molecule has 0 aromatic heterocycles. The van der Waals surface area contributed by atoms with Crippen LogP contribution >= 0.6 is 0 Å². The van der Waals surface area contributed by atoms with Crippen molar-refractivity contribution in [1.82, 2.24) is 5.48 Å². The van der Waals surface area contributed by atoms with Gasteiger partial charge < -0.3 is 14.8 Å². The number of anilines is 1. The van der Waals surface area contributed by atoms with Crippen molar-refractivity contribution < 1.29 is 32.3 Å². The average Bonchev–Trinajstić information content (AvgIpc) is 2.35. The number of amides is 2. The highest BCUT2D eigenvalue weighted by molar-refractivity contribution is 5.88. The zero-order valence-corrected chi connectivity index (χ0v) is 10.5. The lowest BCUT2D eigenvalue weighted by Gasteiger charge is -2.10.